The molecular formula is C13H20N4. The maximum atomic E-state index is 4.79. The Morgan fingerprint density at radius 1 is 1.06 bits per heavy atom. The predicted octanol–water partition coefficient (Wildman–Crippen LogP) is 2.07. The van der Waals surface area contributed by atoms with E-state index in [-0.39, 0.29) is 0 Å². The molecule has 1 aliphatic carbocycles. The first kappa shape index (κ1) is 10.1. The second kappa shape index (κ2) is 3.80. The highest BCUT2D eigenvalue weighted by Gasteiger charge is 2.41. The summed E-state index contributed by atoms with van der Waals surface area (Å²) in [5.74, 6) is 3.45. The molecule has 0 radical (unpaired) electrons. The van der Waals surface area contributed by atoms with Crippen LogP contribution in [0.5, 0.6) is 0 Å². The molecule has 4 rings (SSSR count). The summed E-state index contributed by atoms with van der Waals surface area (Å²) >= 11 is 0. The van der Waals surface area contributed by atoms with E-state index in [0.29, 0.717) is 17.9 Å². The van der Waals surface area contributed by atoms with Gasteiger partial charge in [-0.2, -0.15) is 5.10 Å². The van der Waals surface area contributed by atoms with Crippen molar-refractivity contribution in [2.45, 2.75) is 68.9 Å². The highest BCUT2D eigenvalue weighted by molar-refractivity contribution is 5.13. The number of nitrogens with zero attached hydrogens (tertiary/aromatic N) is 2. The maximum absolute atomic E-state index is 4.79. The molecule has 4 heteroatoms. The summed E-state index contributed by atoms with van der Waals surface area (Å²) in [5, 5.41) is 11.3. The van der Waals surface area contributed by atoms with Gasteiger partial charge in [0.25, 0.3) is 0 Å². The van der Waals surface area contributed by atoms with Gasteiger partial charge in [0.2, 0.25) is 0 Å². The van der Waals surface area contributed by atoms with Gasteiger partial charge in [0, 0.05) is 23.9 Å². The first-order valence-electron chi connectivity index (χ1n) is 7.08. The molecule has 3 aliphatic rings. The van der Waals surface area contributed by atoms with Gasteiger partial charge in [-0.05, 0) is 32.1 Å². The Kier molecular flexibility index (Phi) is 2.25. The van der Waals surface area contributed by atoms with Crippen molar-refractivity contribution < 1.29 is 0 Å². The number of hydrogen-bond donors (Lipinski definition) is 2. The lowest BCUT2D eigenvalue weighted by atomic mass is 9.89. The Morgan fingerprint density at radius 2 is 1.94 bits per heavy atom. The lowest BCUT2D eigenvalue weighted by Gasteiger charge is -2.16. The molecule has 4 nitrogen and oxygen atoms in total. The van der Waals surface area contributed by atoms with Crippen molar-refractivity contribution in [1.29, 1.82) is 0 Å². The summed E-state index contributed by atoms with van der Waals surface area (Å²) in [7, 11) is 0. The van der Waals surface area contributed by atoms with Gasteiger partial charge in [-0.15, -0.1) is 0 Å². The van der Waals surface area contributed by atoms with E-state index in [2.05, 4.69) is 15.5 Å². The summed E-state index contributed by atoms with van der Waals surface area (Å²) in [6.07, 6.45) is 9.19. The number of H-pyrrole nitrogens is 1. The number of nitrogens with one attached hydrogen (secondary N) is 2. The Hall–Kier alpha value is -0.900. The molecule has 2 bridgehead atoms. The second-order valence-electron chi connectivity index (χ2n) is 5.95. The van der Waals surface area contributed by atoms with Gasteiger partial charge in [0.05, 0.1) is 0 Å². The molecule has 3 heterocycles. The fraction of sp³-hybridized carbons (Fsp3) is 0.846. The van der Waals surface area contributed by atoms with Crippen LogP contribution in [0, 0.1) is 0 Å². The van der Waals surface area contributed by atoms with Crippen molar-refractivity contribution in [3.8, 4) is 0 Å². The SMILES string of the molecule is C1CCC(c2n[nH]c(C3CC4CCC3N4)n2)C1. The lowest BCUT2D eigenvalue weighted by molar-refractivity contribution is 0.487. The van der Waals surface area contributed by atoms with Crippen LogP contribution < -0.4 is 5.32 Å². The molecule has 1 aromatic heterocycles. The van der Waals surface area contributed by atoms with E-state index in [4.69, 9.17) is 4.98 Å². The molecule has 0 spiro atoms. The van der Waals surface area contributed by atoms with Crippen molar-refractivity contribution >= 4 is 0 Å². The van der Waals surface area contributed by atoms with Crippen LogP contribution in [0.1, 0.15) is 68.4 Å². The molecule has 2 saturated heterocycles. The third-order valence-corrected chi connectivity index (χ3v) is 4.89. The highest BCUT2D eigenvalue weighted by atomic mass is 15.2. The minimum Gasteiger partial charge on any atom is -0.310 e. The van der Waals surface area contributed by atoms with Gasteiger partial charge >= 0.3 is 0 Å². The standard InChI is InChI=1S/C13H20N4/c1-2-4-8(3-1)12-15-13(17-16-12)10-7-9-5-6-11(10)14-9/h8-11,14H,1-7H2,(H,15,16,17). The Labute approximate surface area is 102 Å². The smallest absolute Gasteiger partial charge is 0.153 e. The van der Waals surface area contributed by atoms with Crippen molar-refractivity contribution in [3.05, 3.63) is 11.6 Å². The molecule has 1 saturated carbocycles. The second-order valence-corrected chi connectivity index (χ2v) is 5.95. The quantitative estimate of drug-likeness (QED) is 0.820. The van der Waals surface area contributed by atoms with Crippen LogP contribution in [0.2, 0.25) is 0 Å². The van der Waals surface area contributed by atoms with Crippen molar-refractivity contribution in [2.75, 3.05) is 0 Å². The number of fused-ring (bicyclic) bond motifs is 2. The van der Waals surface area contributed by atoms with E-state index >= 15 is 0 Å². The summed E-state index contributed by atoms with van der Waals surface area (Å²) in [5.41, 5.74) is 0. The van der Waals surface area contributed by atoms with Gasteiger partial charge in [0.15, 0.2) is 5.82 Å². The number of rotatable bonds is 2. The van der Waals surface area contributed by atoms with E-state index in [0.717, 1.165) is 17.7 Å². The minimum atomic E-state index is 0.594. The molecule has 2 N–H and O–H groups in total. The average Bonchev–Trinajstić information content (AvgIpc) is 3.12. The zero-order chi connectivity index (χ0) is 11.2. The first-order valence-corrected chi connectivity index (χ1v) is 7.08. The molecule has 3 atom stereocenters. The summed E-state index contributed by atoms with van der Waals surface area (Å²) in [4.78, 5) is 4.79. The van der Waals surface area contributed by atoms with Gasteiger partial charge in [-0.1, -0.05) is 12.8 Å². The van der Waals surface area contributed by atoms with Crippen LogP contribution in [0.15, 0.2) is 0 Å². The van der Waals surface area contributed by atoms with E-state index < -0.39 is 0 Å². The lowest BCUT2D eigenvalue weighted by Crippen LogP contribution is -2.22. The van der Waals surface area contributed by atoms with Gasteiger partial charge in [-0.25, -0.2) is 4.98 Å². The largest absolute Gasteiger partial charge is 0.310 e. The third-order valence-electron chi connectivity index (χ3n) is 4.89. The van der Waals surface area contributed by atoms with Crippen LogP contribution in [-0.4, -0.2) is 27.3 Å². The Morgan fingerprint density at radius 3 is 2.65 bits per heavy atom. The number of aromatic amines is 1. The molecule has 3 fully saturated rings. The van der Waals surface area contributed by atoms with Crippen LogP contribution in [0.4, 0.5) is 0 Å². The molecule has 92 valence electrons. The van der Waals surface area contributed by atoms with Crippen LogP contribution in [-0.2, 0) is 0 Å². The molecular weight excluding hydrogens is 212 g/mol. The van der Waals surface area contributed by atoms with Crippen molar-refractivity contribution in [1.82, 2.24) is 20.5 Å². The molecule has 0 amide bonds. The Bertz CT molecular complexity index is 407. The van der Waals surface area contributed by atoms with E-state index in [1.165, 1.54) is 44.9 Å². The monoisotopic (exact) mass is 232 g/mol. The van der Waals surface area contributed by atoms with E-state index in [1.807, 2.05) is 0 Å². The molecule has 1 aromatic rings. The number of hydrogen-bond acceptors (Lipinski definition) is 3. The highest BCUT2D eigenvalue weighted by Crippen LogP contribution is 2.39. The normalized spacial score (nSPS) is 37.1. The first-order chi connectivity index (χ1) is 8.40. The van der Waals surface area contributed by atoms with E-state index in [9.17, 15) is 0 Å². The zero-order valence-corrected chi connectivity index (χ0v) is 10.2. The van der Waals surface area contributed by atoms with Crippen LogP contribution in [0.25, 0.3) is 0 Å². The van der Waals surface area contributed by atoms with Crippen molar-refractivity contribution in [3.63, 3.8) is 0 Å². The van der Waals surface area contributed by atoms with Crippen LogP contribution >= 0.6 is 0 Å². The van der Waals surface area contributed by atoms with Crippen molar-refractivity contribution in [2.24, 2.45) is 0 Å². The fourth-order valence-electron chi connectivity index (χ4n) is 3.95. The molecule has 2 aliphatic heterocycles. The summed E-state index contributed by atoms with van der Waals surface area (Å²) < 4.78 is 0. The molecule has 0 aromatic carbocycles. The Balaban J connectivity index is 1.54. The van der Waals surface area contributed by atoms with Crippen LogP contribution in [0.3, 0.4) is 0 Å². The third kappa shape index (κ3) is 1.61. The topological polar surface area (TPSA) is 53.6 Å². The van der Waals surface area contributed by atoms with Gasteiger partial charge in [0.1, 0.15) is 5.82 Å². The summed E-state index contributed by atoms with van der Waals surface area (Å²) in [6, 6.07) is 1.40. The van der Waals surface area contributed by atoms with E-state index in [1.54, 1.807) is 0 Å². The van der Waals surface area contributed by atoms with Gasteiger partial charge in [-0.3, -0.25) is 5.10 Å². The fourth-order valence-corrected chi connectivity index (χ4v) is 3.95. The molecule has 17 heavy (non-hydrogen) atoms. The predicted molar refractivity (Wildman–Crippen MR) is 64.9 cm³/mol. The minimum absolute atomic E-state index is 0.594. The van der Waals surface area contributed by atoms with Gasteiger partial charge < -0.3 is 5.32 Å². The summed E-state index contributed by atoms with van der Waals surface area (Å²) in [6.45, 7) is 0. The average molecular weight is 232 g/mol. The molecule has 3 unspecified atom stereocenters. The maximum Gasteiger partial charge on any atom is 0.153 e. The zero-order valence-electron chi connectivity index (χ0n) is 10.2. The number of aromatic nitrogens is 3.